The molecular weight excluding hydrogens is 290 g/mol. The van der Waals surface area contributed by atoms with Crippen LogP contribution in [-0.4, -0.2) is 58.3 Å². The summed E-state index contributed by atoms with van der Waals surface area (Å²) in [4.78, 5) is 17.1. The van der Waals surface area contributed by atoms with E-state index < -0.39 is 0 Å². The summed E-state index contributed by atoms with van der Waals surface area (Å²) >= 11 is 0. The van der Waals surface area contributed by atoms with Gasteiger partial charge >= 0.3 is 6.03 Å². The Bertz CT molecular complexity index is 541. The molecule has 1 unspecified atom stereocenters. The van der Waals surface area contributed by atoms with Gasteiger partial charge in [0.2, 0.25) is 0 Å². The molecule has 1 N–H and O–H groups in total. The van der Waals surface area contributed by atoms with E-state index in [1.165, 1.54) is 12.0 Å². The number of nitrogens with one attached hydrogen (secondary N) is 1. The Kier molecular flexibility index (Phi) is 5.20. The van der Waals surface area contributed by atoms with Crippen molar-refractivity contribution in [3.8, 4) is 0 Å². The van der Waals surface area contributed by atoms with Crippen LogP contribution in [0.4, 0.5) is 4.79 Å². The Balaban J connectivity index is 1.59. The molecule has 1 fully saturated rings. The first-order chi connectivity index (χ1) is 11.2. The van der Waals surface area contributed by atoms with Crippen LogP contribution in [0.25, 0.3) is 0 Å². The molecule has 1 aromatic heterocycles. The number of hydrogen-bond acceptors (Lipinski definition) is 3. The number of fused-ring (bicyclic) bond motifs is 1. The summed E-state index contributed by atoms with van der Waals surface area (Å²) < 4.78 is 1.86. The molecule has 1 aliphatic carbocycles. The SMILES string of the molecule is CCCN1CCCN(C(=O)NC2CCCc3nn(C)cc32)CC1. The fourth-order valence-corrected chi connectivity index (χ4v) is 3.77. The van der Waals surface area contributed by atoms with Crippen molar-refractivity contribution >= 4 is 6.03 Å². The van der Waals surface area contributed by atoms with Crippen molar-refractivity contribution in [2.75, 3.05) is 32.7 Å². The van der Waals surface area contributed by atoms with Crippen LogP contribution in [0.3, 0.4) is 0 Å². The summed E-state index contributed by atoms with van der Waals surface area (Å²) in [5, 5.41) is 7.76. The Morgan fingerprint density at radius 1 is 1.30 bits per heavy atom. The molecule has 2 aliphatic rings. The zero-order valence-electron chi connectivity index (χ0n) is 14.4. The maximum absolute atomic E-state index is 12.7. The van der Waals surface area contributed by atoms with Gasteiger partial charge in [-0.05, 0) is 45.2 Å². The van der Waals surface area contributed by atoms with Crippen molar-refractivity contribution in [3.05, 3.63) is 17.5 Å². The third kappa shape index (κ3) is 3.86. The average Bonchev–Trinajstić information content (AvgIpc) is 2.76. The largest absolute Gasteiger partial charge is 0.331 e. The molecule has 6 heteroatoms. The highest BCUT2D eigenvalue weighted by Gasteiger charge is 2.27. The molecule has 1 aromatic rings. The zero-order chi connectivity index (χ0) is 16.2. The third-order valence-corrected chi connectivity index (χ3v) is 4.93. The van der Waals surface area contributed by atoms with E-state index in [0.29, 0.717) is 0 Å². The van der Waals surface area contributed by atoms with Crippen LogP contribution in [0.15, 0.2) is 6.20 Å². The highest BCUT2D eigenvalue weighted by molar-refractivity contribution is 5.74. The quantitative estimate of drug-likeness (QED) is 0.926. The topological polar surface area (TPSA) is 53.4 Å². The molecular formula is C17H29N5O. The number of urea groups is 1. The molecule has 1 atom stereocenters. The van der Waals surface area contributed by atoms with E-state index in [9.17, 15) is 4.79 Å². The lowest BCUT2D eigenvalue weighted by Gasteiger charge is -2.27. The highest BCUT2D eigenvalue weighted by atomic mass is 16.2. The van der Waals surface area contributed by atoms with Crippen LogP contribution in [0.2, 0.25) is 0 Å². The Labute approximate surface area is 138 Å². The number of amides is 2. The molecule has 1 aliphatic heterocycles. The molecule has 0 saturated carbocycles. The molecule has 2 heterocycles. The summed E-state index contributed by atoms with van der Waals surface area (Å²) in [6.07, 6.45) is 7.44. The van der Waals surface area contributed by atoms with Gasteiger partial charge in [0, 0.05) is 38.4 Å². The van der Waals surface area contributed by atoms with E-state index in [0.717, 1.165) is 64.1 Å². The number of aromatic nitrogens is 2. The second kappa shape index (κ2) is 7.34. The Morgan fingerprint density at radius 2 is 2.17 bits per heavy atom. The van der Waals surface area contributed by atoms with Crippen LogP contribution in [-0.2, 0) is 13.5 Å². The van der Waals surface area contributed by atoms with E-state index >= 15 is 0 Å². The number of carbonyl (C=O) groups excluding carboxylic acids is 1. The number of carbonyl (C=O) groups is 1. The summed E-state index contributed by atoms with van der Waals surface area (Å²) in [5.41, 5.74) is 2.35. The fraction of sp³-hybridized carbons (Fsp3) is 0.765. The van der Waals surface area contributed by atoms with Crippen molar-refractivity contribution in [2.24, 2.45) is 7.05 Å². The van der Waals surface area contributed by atoms with Crippen LogP contribution >= 0.6 is 0 Å². The number of rotatable bonds is 3. The molecule has 6 nitrogen and oxygen atoms in total. The van der Waals surface area contributed by atoms with Gasteiger partial charge < -0.3 is 15.1 Å². The van der Waals surface area contributed by atoms with Gasteiger partial charge in [0.15, 0.2) is 0 Å². The average molecular weight is 319 g/mol. The minimum Gasteiger partial charge on any atom is -0.331 e. The van der Waals surface area contributed by atoms with Crippen LogP contribution in [0, 0.1) is 0 Å². The molecule has 128 valence electrons. The summed E-state index contributed by atoms with van der Waals surface area (Å²) in [6, 6.07) is 0.208. The zero-order valence-corrected chi connectivity index (χ0v) is 14.4. The predicted molar refractivity (Wildman–Crippen MR) is 90.3 cm³/mol. The van der Waals surface area contributed by atoms with E-state index in [-0.39, 0.29) is 12.1 Å². The Hall–Kier alpha value is -1.56. The summed E-state index contributed by atoms with van der Waals surface area (Å²) in [5.74, 6) is 0. The van der Waals surface area contributed by atoms with Crippen molar-refractivity contribution in [2.45, 2.75) is 45.1 Å². The molecule has 0 spiro atoms. The first-order valence-electron chi connectivity index (χ1n) is 8.97. The Morgan fingerprint density at radius 3 is 3.00 bits per heavy atom. The second-order valence-corrected chi connectivity index (χ2v) is 6.78. The number of nitrogens with zero attached hydrogens (tertiary/aromatic N) is 4. The number of hydrogen-bond donors (Lipinski definition) is 1. The van der Waals surface area contributed by atoms with Gasteiger partial charge in [-0.1, -0.05) is 6.92 Å². The van der Waals surface area contributed by atoms with E-state index in [1.807, 2.05) is 16.6 Å². The van der Waals surface area contributed by atoms with Gasteiger partial charge in [0.05, 0.1) is 11.7 Å². The maximum atomic E-state index is 12.7. The molecule has 0 aromatic carbocycles. The molecule has 2 amide bonds. The first kappa shape index (κ1) is 16.3. The first-order valence-corrected chi connectivity index (χ1v) is 8.97. The van der Waals surface area contributed by atoms with Crippen LogP contribution < -0.4 is 5.32 Å². The molecule has 0 bridgehead atoms. The van der Waals surface area contributed by atoms with Crippen molar-refractivity contribution < 1.29 is 4.79 Å². The predicted octanol–water partition coefficient (Wildman–Crippen LogP) is 1.92. The van der Waals surface area contributed by atoms with Gasteiger partial charge in [0.1, 0.15) is 0 Å². The van der Waals surface area contributed by atoms with Gasteiger partial charge in [-0.15, -0.1) is 0 Å². The van der Waals surface area contributed by atoms with Crippen molar-refractivity contribution in [3.63, 3.8) is 0 Å². The van der Waals surface area contributed by atoms with Gasteiger partial charge in [0.25, 0.3) is 0 Å². The van der Waals surface area contributed by atoms with Gasteiger partial charge in [-0.2, -0.15) is 5.10 Å². The van der Waals surface area contributed by atoms with Crippen LogP contribution in [0.5, 0.6) is 0 Å². The summed E-state index contributed by atoms with van der Waals surface area (Å²) in [7, 11) is 1.95. The van der Waals surface area contributed by atoms with Gasteiger partial charge in [-0.25, -0.2) is 4.79 Å². The van der Waals surface area contributed by atoms with E-state index in [2.05, 4.69) is 28.4 Å². The lowest BCUT2D eigenvalue weighted by Crippen LogP contribution is -2.44. The minimum atomic E-state index is 0.0880. The fourth-order valence-electron chi connectivity index (χ4n) is 3.77. The lowest BCUT2D eigenvalue weighted by molar-refractivity contribution is 0.192. The molecule has 3 rings (SSSR count). The molecule has 1 saturated heterocycles. The highest BCUT2D eigenvalue weighted by Crippen LogP contribution is 2.28. The third-order valence-electron chi connectivity index (χ3n) is 4.93. The smallest absolute Gasteiger partial charge is 0.317 e. The maximum Gasteiger partial charge on any atom is 0.317 e. The monoisotopic (exact) mass is 319 g/mol. The lowest BCUT2D eigenvalue weighted by atomic mass is 9.93. The van der Waals surface area contributed by atoms with Crippen molar-refractivity contribution in [1.29, 1.82) is 0 Å². The second-order valence-electron chi connectivity index (χ2n) is 6.78. The summed E-state index contributed by atoms with van der Waals surface area (Å²) in [6.45, 7) is 7.13. The van der Waals surface area contributed by atoms with E-state index in [1.54, 1.807) is 0 Å². The van der Waals surface area contributed by atoms with Gasteiger partial charge in [-0.3, -0.25) is 4.68 Å². The molecule has 23 heavy (non-hydrogen) atoms. The molecule has 0 radical (unpaired) electrons. The van der Waals surface area contributed by atoms with E-state index in [4.69, 9.17) is 0 Å². The minimum absolute atomic E-state index is 0.0880. The normalized spacial score (nSPS) is 22.5. The standard InChI is InChI=1S/C17H29N5O/c1-3-8-21-9-5-10-22(12-11-21)17(23)18-15-6-4-7-16-14(15)13-20(2)19-16/h13,15H,3-12H2,1-2H3,(H,18,23). The van der Waals surface area contributed by atoms with Crippen LogP contribution in [0.1, 0.15) is 49.9 Å². The number of aryl methyl sites for hydroxylation is 2. The van der Waals surface area contributed by atoms with Crippen molar-refractivity contribution in [1.82, 2.24) is 24.9 Å².